The van der Waals surface area contributed by atoms with Crippen LogP contribution in [0, 0.1) is 19.8 Å². The summed E-state index contributed by atoms with van der Waals surface area (Å²) >= 11 is 0. The molecule has 0 spiro atoms. The Labute approximate surface area is 102 Å². The number of nitrogens with two attached hydrogens (primary N) is 1. The maximum absolute atomic E-state index is 11.8. The molecule has 1 rings (SSSR count). The van der Waals surface area contributed by atoms with Crippen LogP contribution in [0.5, 0.6) is 0 Å². The van der Waals surface area contributed by atoms with Gasteiger partial charge in [0.2, 0.25) is 5.91 Å². The number of carbonyl (C=O) groups excluding carboxylic acids is 1. The van der Waals surface area contributed by atoms with E-state index in [1.807, 2.05) is 20.8 Å². The van der Waals surface area contributed by atoms with Crippen molar-refractivity contribution >= 4 is 5.91 Å². The molecule has 0 radical (unpaired) electrons. The van der Waals surface area contributed by atoms with Crippen LogP contribution >= 0.6 is 0 Å². The van der Waals surface area contributed by atoms with Crippen LogP contribution in [-0.4, -0.2) is 17.6 Å². The lowest BCUT2D eigenvalue weighted by atomic mass is 10.0. The number of aromatic nitrogens is 1. The summed E-state index contributed by atoms with van der Waals surface area (Å²) in [7, 11) is 0. The van der Waals surface area contributed by atoms with Crippen molar-refractivity contribution in [3.05, 3.63) is 17.0 Å². The van der Waals surface area contributed by atoms with Gasteiger partial charge in [-0.2, -0.15) is 0 Å². The van der Waals surface area contributed by atoms with Crippen molar-refractivity contribution in [3.63, 3.8) is 0 Å². The van der Waals surface area contributed by atoms with Gasteiger partial charge >= 0.3 is 0 Å². The van der Waals surface area contributed by atoms with Crippen LogP contribution in [0.15, 0.2) is 4.52 Å². The Balaban J connectivity index is 2.43. The molecule has 0 aromatic carbocycles. The lowest BCUT2D eigenvalue weighted by Crippen LogP contribution is -2.29. The van der Waals surface area contributed by atoms with Crippen LogP contribution in [0.4, 0.5) is 0 Å². The summed E-state index contributed by atoms with van der Waals surface area (Å²) in [6.07, 6.45) is 1.70. The Hall–Kier alpha value is -1.36. The molecule has 1 unspecified atom stereocenters. The minimum atomic E-state index is -0.000905. The fourth-order valence-electron chi connectivity index (χ4n) is 1.66. The molecular weight excluding hydrogens is 218 g/mol. The molecule has 0 aliphatic carbocycles. The van der Waals surface area contributed by atoms with E-state index in [1.54, 1.807) is 0 Å². The predicted octanol–water partition coefficient (Wildman–Crippen LogP) is 1.28. The molecule has 96 valence electrons. The molecule has 3 N–H and O–H groups in total. The van der Waals surface area contributed by atoms with E-state index < -0.39 is 0 Å². The summed E-state index contributed by atoms with van der Waals surface area (Å²) in [6, 6.07) is 0. The van der Waals surface area contributed by atoms with E-state index in [1.165, 1.54) is 0 Å². The van der Waals surface area contributed by atoms with Crippen LogP contribution in [-0.2, 0) is 11.3 Å². The van der Waals surface area contributed by atoms with Crippen LogP contribution in [0.25, 0.3) is 0 Å². The molecule has 5 heteroatoms. The van der Waals surface area contributed by atoms with Gasteiger partial charge in [0.25, 0.3) is 0 Å². The fourth-order valence-corrected chi connectivity index (χ4v) is 1.66. The van der Waals surface area contributed by atoms with Crippen LogP contribution in [0.2, 0.25) is 0 Å². The van der Waals surface area contributed by atoms with Crippen molar-refractivity contribution in [1.82, 2.24) is 10.5 Å². The molecule has 1 atom stereocenters. The van der Waals surface area contributed by atoms with Gasteiger partial charge in [-0.3, -0.25) is 4.79 Å². The summed E-state index contributed by atoms with van der Waals surface area (Å²) < 4.78 is 5.04. The first-order chi connectivity index (χ1) is 8.06. The molecule has 0 saturated heterocycles. The molecule has 0 aliphatic heterocycles. The quantitative estimate of drug-likeness (QED) is 0.783. The smallest absolute Gasteiger partial charge is 0.223 e. The van der Waals surface area contributed by atoms with E-state index in [0.717, 1.165) is 29.9 Å². The molecule has 1 aromatic rings. The number of carbonyl (C=O) groups is 1. The Bertz CT molecular complexity index is 354. The van der Waals surface area contributed by atoms with Crippen LogP contribution in [0.3, 0.4) is 0 Å². The highest BCUT2D eigenvalue weighted by atomic mass is 16.5. The van der Waals surface area contributed by atoms with E-state index >= 15 is 0 Å². The molecule has 17 heavy (non-hydrogen) atoms. The van der Waals surface area contributed by atoms with Crippen molar-refractivity contribution in [2.75, 3.05) is 6.54 Å². The molecule has 1 aromatic heterocycles. The molecule has 1 heterocycles. The monoisotopic (exact) mass is 239 g/mol. The van der Waals surface area contributed by atoms with Gasteiger partial charge in [-0.05, 0) is 33.2 Å². The van der Waals surface area contributed by atoms with E-state index in [4.69, 9.17) is 10.3 Å². The summed E-state index contributed by atoms with van der Waals surface area (Å²) in [5.74, 6) is 0.815. The summed E-state index contributed by atoms with van der Waals surface area (Å²) in [5, 5.41) is 6.74. The van der Waals surface area contributed by atoms with Crippen molar-refractivity contribution in [1.29, 1.82) is 0 Å². The number of amides is 1. The Morgan fingerprint density at radius 1 is 1.53 bits per heavy atom. The Morgan fingerprint density at radius 3 is 2.76 bits per heavy atom. The van der Waals surface area contributed by atoms with Gasteiger partial charge < -0.3 is 15.6 Å². The summed E-state index contributed by atoms with van der Waals surface area (Å²) in [5.41, 5.74) is 7.21. The number of nitrogens with zero attached hydrogens (tertiary/aromatic N) is 1. The molecule has 1 amide bonds. The largest absolute Gasteiger partial charge is 0.361 e. The maximum Gasteiger partial charge on any atom is 0.223 e. The van der Waals surface area contributed by atoms with Gasteiger partial charge in [0, 0.05) is 18.0 Å². The maximum atomic E-state index is 11.8. The van der Waals surface area contributed by atoms with Crippen LogP contribution < -0.4 is 11.1 Å². The minimum Gasteiger partial charge on any atom is -0.361 e. The molecule has 5 nitrogen and oxygen atoms in total. The zero-order valence-corrected chi connectivity index (χ0v) is 10.7. The highest BCUT2D eigenvalue weighted by molar-refractivity contribution is 5.78. The van der Waals surface area contributed by atoms with E-state index in [2.05, 4.69) is 10.5 Å². The molecule has 0 bridgehead atoms. The van der Waals surface area contributed by atoms with Gasteiger partial charge in [-0.15, -0.1) is 0 Å². The van der Waals surface area contributed by atoms with E-state index in [9.17, 15) is 4.79 Å². The average Bonchev–Trinajstić information content (AvgIpc) is 2.63. The van der Waals surface area contributed by atoms with Gasteiger partial charge in [-0.1, -0.05) is 12.1 Å². The predicted molar refractivity (Wildman–Crippen MR) is 65.3 cm³/mol. The van der Waals surface area contributed by atoms with Crippen molar-refractivity contribution in [3.8, 4) is 0 Å². The number of nitrogens with one attached hydrogen (secondary N) is 1. The highest BCUT2D eigenvalue weighted by Gasteiger charge is 2.14. The first kappa shape index (κ1) is 13.7. The zero-order chi connectivity index (χ0) is 12.8. The number of aryl methyl sites for hydroxylation is 2. The third-order valence-corrected chi connectivity index (χ3v) is 2.91. The third-order valence-electron chi connectivity index (χ3n) is 2.91. The van der Waals surface area contributed by atoms with Crippen molar-refractivity contribution in [2.45, 2.75) is 40.2 Å². The second kappa shape index (κ2) is 6.39. The number of hydrogen-bond donors (Lipinski definition) is 2. The molecule has 0 fully saturated rings. The van der Waals surface area contributed by atoms with Gasteiger partial charge in [0.1, 0.15) is 5.76 Å². The minimum absolute atomic E-state index is 0.000905. The van der Waals surface area contributed by atoms with E-state index in [0.29, 0.717) is 13.1 Å². The topological polar surface area (TPSA) is 81.2 Å². The highest BCUT2D eigenvalue weighted by Crippen LogP contribution is 2.12. The second-order valence-electron chi connectivity index (χ2n) is 4.35. The first-order valence-electron chi connectivity index (χ1n) is 5.95. The Kier molecular flexibility index (Phi) is 5.15. The number of rotatable bonds is 6. The van der Waals surface area contributed by atoms with Crippen LogP contribution in [0.1, 0.15) is 36.8 Å². The zero-order valence-electron chi connectivity index (χ0n) is 10.7. The molecule has 0 aliphatic rings. The SMILES string of the molecule is Cc1noc(C)c1CNC(=O)C(C)CCCN. The third kappa shape index (κ3) is 3.85. The second-order valence-corrected chi connectivity index (χ2v) is 4.35. The van der Waals surface area contributed by atoms with Gasteiger partial charge in [0.15, 0.2) is 0 Å². The standard InChI is InChI=1S/C12H21N3O2/c1-8(5-4-6-13)12(16)14-7-11-9(2)15-17-10(11)3/h8H,4-7,13H2,1-3H3,(H,14,16). The number of hydrogen-bond acceptors (Lipinski definition) is 4. The normalized spacial score (nSPS) is 12.5. The van der Waals surface area contributed by atoms with Crippen molar-refractivity contribution in [2.24, 2.45) is 11.7 Å². The Morgan fingerprint density at radius 2 is 2.24 bits per heavy atom. The summed E-state index contributed by atoms with van der Waals surface area (Å²) in [4.78, 5) is 11.8. The molecule has 0 saturated carbocycles. The first-order valence-corrected chi connectivity index (χ1v) is 5.95. The molecular formula is C12H21N3O2. The lowest BCUT2D eigenvalue weighted by Gasteiger charge is -2.11. The van der Waals surface area contributed by atoms with E-state index in [-0.39, 0.29) is 11.8 Å². The van der Waals surface area contributed by atoms with Crippen molar-refractivity contribution < 1.29 is 9.32 Å². The average molecular weight is 239 g/mol. The summed E-state index contributed by atoms with van der Waals surface area (Å²) in [6.45, 7) is 6.74. The fraction of sp³-hybridized carbons (Fsp3) is 0.667. The lowest BCUT2D eigenvalue weighted by molar-refractivity contribution is -0.124. The van der Waals surface area contributed by atoms with Gasteiger partial charge in [0.05, 0.1) is 5.69 Å². The van der Waals surface area contributed by atoms with Gasteiger partial charge in [-0.25, -0.2) is 0 Å².